The van der Waals surface area contributed by atoms with Gasteiger partial charge >= 0.3 is 0 Å². The molecule has 0 spiro atoms. The van der Waals surface area contributed by atoms with Crippen molar-refractivity contribution in [2.75, 3.05) is 0 Å². The molecule has 4 rings (SSSR count). The van der Waals surface area contributed by atoms with Gasteiger partial charge in [0.15, 0.2) is 0 Å². The number of hydrogen-bond donors (Lipinski definition) is 1. The maximum Gasteiger partial charge on any atom is 0.262 e. The Morgan fingerprint density at radius 3 is 2.93 bits per heavy atom. The molecule has 1 aliphatic carbocycles. The SMILES string of the molecule is C[C@@H](NC(=O)CCn1cnc2sc3c(c2c1=O)CCCC3)c1ccccc1Cl. The minimum atomic E-state index is -0.192. The van der Waals surface area contributed by atoms with Crippen molar-refractivity contribution in [2.45, 2.75) is 51.6 Å². The normalized spacial score (nSPS) is 14.6. The van der Waals surface area contributed by atoms with E-state index in [0.717, 1.165) is 35.0 Å². The van der Waals surface area contributed by atoms with Gasteiger partial charge in [-0.1, -0.05) is 29.8 Å². The van der Waals surface area contributed by atoms with Gasteiger partial charge < -0.3 is 5.32 Å². The highest BCUT2D eigenvalue weighted by Gasteiger charge is 2.20. The summed E-state index contributed by atoms with van der Waals surface area (Å²) in [5.41, 5.74) is 2.02. The molecule has 0 bridgehead atoms. The third kappa shape index (κ3) is 3.71. The van der Waals surface area contributed by atoms with Crippen molar-refractivity contribution >= 4 is 39.1 Å². The van der Waals surface area contributed by atoms with E-state index < -0.39 is 0 Å². The van der Waals surface area contributed by atoms with E-state index in [9.17, 15) is 9.59 Å². The molecule has 5 nitrogen and oxygen atoms in total. The van der Waals surface area contributed by atoms with Crippen molar-refractivity contribution in [3.8, 4) is 0 Å². The number of halogens is 1. The van der Waals surface area contributed by atoms with Crippen LogP contribution >= 0.6 is 22.9 Å². The molecule has 0 aliphatic heterocycles. The second kappa shape index (κ2) is 8.05. The highest BCUT2D eigenvalue weighted by Crippen LogP contribution is 2.33. The van der Waals surface area contributed by atoms with Gasteiger partial charge in [-0.05, 0) is 49.8 Å². The van der Waals surface area contributed by atoms with E-state index in [4.69, 9.17) is 11.6 Å². The predicted molar refractivity (Wildman–Crippen MR) is 113 cm³/mol. The second-order valence-corrected chi connectivity index (χ2v) is 8.69. The molecular formula is C21H22ClN3O2S. The molecule has 0 saturated carbocycles. The molecule has 1 atom stereocenters. The minimum Gasteiger partial charge on any atom is -0.349 e. The number of carbonyl (C=O) groups excluding carboxylic acids is 1. The van der Waals surface area contributed by atoms with Crippen molar-refractivity contribution in [3.05, 3.63) is 62.0 Å². The van der Waals surface area contributed by atoms with Crippen molar-refractivity contribution in [3.63, 3.8) is 0 Å². The number of thiophene rings is 1. The van der Waals surface area contributed by atoms with E-state index in [0.29, 0.717) is 11.6 Å². The molecule has 28 heavy (non-hydrogen) atoms. The fourth-order valence-electron chi connectivity index (χ4n) is 3.78. The summed E-state index contributed by atoms with van der Waals surface area (Å²) in [6.07, 6.45) is 6.07. The van der Waals surface area contributed by atoms with Crippen LogP contribution in [-0.4, -0.2) is 15.5 Å². The van der Waals surface area contributed by atoms with Crippen LogP contribution in [0.4, 0.5) is 0 Å². The Hall–Kier alpha value is -2.18. The van der Waals surface area contributed by atoms with Crippen LogP contribution < -0.4 is 10.9 Å². The van der Waals surface area contributed by atoms with Crippen molar-refractivity contribution < 1.29 is 4.79 Å². The number of amides is 1. The summed E-state index contributed by atoms with van der Waals surface area (Å²) < 4.78 is 1.56. The Labute approximate surface area is 172 Å². The molecule has 0 fully saturated rings. The molecule has 1 aliphatic rings. The van der Waals surface area contributed by atoms with E-state index >= 15 is 0 Å². The fraction of sp³-hybridized carbons (Fsp3) is 0.381. The first-order valence-corrected chi connectivity index (χ1v) is 10.8. The number of carbonyl (C=O) groups is 1. The summed E-state index contributed by atoms with van der Waals surface area (Å²) in [5.74, 6) is -0.119. The van der Waals surface area contributed by atoms with Gasteiger partial charge in [0.05, 0.1) is 17.8 Å². The molecule has 2 heterocycles. The van der Waals surface area contributed by atoms with Crippen LogP contribution in [0.5, 0.6) is 0 Å². The molecule has 0 unspecified atom stereocenters. The van der Waals surface area contributed by atoms with Crippen LogP contribution in [0.3, 0.4) is 0 Å². The molecule has 1 aromatic carbocycles. The largest absolute Gasteiger partial charge is 0.349 e. The lowest BCUT2D eigenvalue weighted by atomic mass is 9.97. The predicted octanol–water partition coefficient (Wildman–Crippen LogP) is 4.26. The Morgan fingerprint density at radius 2 is 2.11 bits per heavy atom. The number of nitrogens with one attached hydrogen (secondary N) is 1. The number of aromatic nitrogens is 2. The van der Waals surface area contributed by atoms with E-state index in [1.165, 1.54) is 16.9 Å². The van der Waals surface area contributed by atoms with Crippen LogP contribution in [0.2, 0.25) is 5.02 Å². The van der Waals surface area contributed by atoms with Crippen LogP contribution in [0.25, 0.3) is 10.2 Å². The van der Waals surface area contributed by atoms with Gasteiger partial charge in [0.2, 0.25) is 5.91 Å². The van der Waals surface area contributed by atoms with E-state index in [1.54, 1.807) is 22.2 Å². The van der Waals surface area contributed by atoms with Crippen LogP contribution in [0.15, 0.2) is 35.4 Å². The topological polar surface area (TPSA) is 64.0 Å². The Kier molecular flexibility index (Phi) is 5.51. The summed E-state index contributed by atoms with van der Waals surface area (Å²) in [5, 5.41) is 4.34. The summed E-state index contributed by atoms with van der Waals surface area (Å²) in [4.78, 5) is 31.9. The second-order valence-electron chi connectivity index (χ2n) is 7.19. The summed E-state index contributed by atoms with van der Waals surface area (Å²) >= 11 is 7.83. The molecule has 1 amide bonds. The Morgan fingerprint density at radius 1 is 1.32 bits per heavy atom. The quantitative estimate of drug-likeness (QED) is 0.677. The van der Waals surface area contributed by atoms with E-state index in [-0.39, 0.29) is 23.9 Å². The van der Waals surface area contributed by atoms with Crippen molar-refractivity contribution in [1.29, 1.82) is 0 Å². The maximum absolute atomic E-state index is 12.9. The molecule has 2 aromatic heterocycles. The van der Waals surface area contributed by atoms with Crippen molar-refractivity contribution in [2.24, 2.45) is 0 Å². The molecule has 0 radical (unpaired) electrons. The number of benzene rings is 1. The summed E-state index contributed by atoms with van der Waals surface area (Å²) in [6.45, 7) is 2.21. The lowest BCUT2D eigenvalue weighted by molar-refractivity contribution is -0.121. The standard InChI is InChI=1S/C21H22ClN3O2S/c1-13(14-6-2-4-8-16(14)22)24-18(26)10-11-25-12-23-20-19(21(25)27)15-7-3-5-9-17(15)28-20/h2,4,6,8,12-13H,3,5,7,9-11H2,1H3,(H,24,26)/t13-/m1/s1. The lowest BCUT2D eigenvalue weighted by Crippen LogP contribution is -2.29. The average molecular weight is 416 g/mol. The molecular weight excluding hydrogens is 394 g/mol. The summed E-state index contributed by atoms with van der Waals surface area (Å²) in [7, 11) is 0. The zero-order valence-electron chi connectivity index (χ0n) is 15.7. The molecule has 1 N–H and O–H groups in total. The number of fused-ring (bicyclic) bond motifs is 3. The van der Waals surface area contributed by atoms with Gasteiger partial charge in [0.25, 0.3) is 5.56 Å². The lowest BCUT2D eigenvalue weighted by Gasteiger charge is -2.16. The highest BCUT2D eigenvalue weighted by molar-refractivity contribution is 7.18. The van der Waals surface area contributed by atoms with Gasteiger partial charge in [-0.3, -0.25) is 14.2 Å². The van der Waals surface area contributed by atoms with Crippen LogP contribution in [0.1, 0.15) is 48.2 Å². The van der Waals surface area contributed by atoms with Gasteiger partial charge in [-0.15, -0.1) is 11.3 Å². The first-order valence-electron chi connectivity index (χ1n) is 9.58. The minimum absolute atomic E-state index is 0.0312. The average Bonchev–Trinajstić information content (AvgIpc) is 3.07. The van der Waals surface area contributed by atoms with E-state index in [1.807, 2.05) is 31.2 Å². The molecule has 7 heteroatoms. The van der Waals surface area contributed by atoms with Gasteiger partial charge in [-0.25, -0.2) is 4.98 Å². The molecule has 0 saturated heterocycles. The number of nitrogens with zero attached hydrogens (tertiary/aromatic N) is 2. The van der Waals surface area contributed by atoms with Gasteiger partial charge in [-0.2, -0.15) is 0 Å². The highest BCUT2D eigenvalue weighted by atomic mass is 35.5. The van der Waals surface area contributed by atoms with Gasteiger partial charge in [0.1, 0.15) is 4.83 Å². The van der Waals surface area contributed by atoms with Crippen LogP contribution in [0, 0.1) is 0 Å². The van der Waals surface area contributed by atoms with Crippen molar-refractivity contribution in [1.82, 2.24) is 14.9 Å². The van der Waals surface area contributed by atoms with Crippen LogP contribution in [-0.2, 0) is 24.2 Å². The maximum atomic E-state index is 12.9. The Bertz CT molecular complexity index is 1090. The smallest absolute Gasteiger partial charge is 0.262 e. The van der Waals surface area contributed by atoms with E-state index in [2.05, 4.69) is 10.3 Å². The molecule has 146 valence electrons. The zero-order valence-corrected chi connectivity index (χ0v) is 17.3. The molecule has 3 aromatic rings. The number of hydrogen-bond acceptors (Lipinski definition) is 4. The monoisotopic (exact) mass is 415 g/mol. The number of rotatable bonds is 5. The first kappa shape index (κ1) is 19.2. The fourth-order valence-corrected chi connectivity index (χ4v) is 5.30. The zero-order chi connectivity index (χ0) is 19.7. The number of aryl methyl sites for hydroxylation is 3. The Balaban J connectivity index is 1.47. The summed E-state index contributed by atoms with van der Waals surface area (Å²) in [6, 6.07) is 7.27. The third-order valence-electron chi connectivity index (χ3n) is 5.27. The third-order valence-corrected chi connectivity index (χ3v) is 6.81. The van der Waals surface area contributed by atoms with Gasteiger partial charge in [0, 0.05) is 22.9 Å². The first-order chi connectivity index (χ1) is 13.5.